The minimum absolute atomic E-state index is 0.249. The summed E-state index contributed by atoms with van der Waals surface area (Å²) in [5.41, 5.74) is 7.87. The molecular weight excluding hydrogens is 182 g/mol. The van der Waals surface area contributed by atoms with E-state index in [0.29, 0.717) is 0 Å². The van der Waals surface area contributed by atoms with Gasteiger partial charge < -0.3 is 10.8 Å². The van der Waals surface area contributed by atoms with Gasteiger partial charge in [-0.1, -0.05) is 12.1 Å². The van der Waals surface area contributed by atoms with Crippen molar-refractivity contribution in [2.45, 2.75) is 18.2 Å². The smallest absolute Gasteiger partial charge is 0.0454 e. The number of thioether (sulfide) groups is 1. The molecule has 1 aromatic rings. The highest BCUT2D eigenvalue weighted by atomic mass is 32.2. The fourth-order valence-corrected chi connectivity index (χ4v) is 2.12. The minimum atomic E-state index is 0.249. The predicted molar refractivity (Wildman–Crippen MR) is 58.0 cm³/mol. The van der Waals surface area contributed by atoms with Gasteiger partial charge in [0, 0.05) is 22.9 Å². The molecule has 0 radical (unpaired) electrons. The van der Waals surface area contributed by atoms with Crippen LogP contribution in [0.1, 0.15) is 12.0 Å². The number of aliphatic hydroxyl groups excluding tert-OH is 1. The fraction of sp³-hybridized carbons (Fsp3) is 0.400. The Bertz CT molecular complexity index is 255. The van der Waals surface area contributed by atoms with Gasteiger partial charge in [0.2, 0.25) is 0 Å². The lowest BCUT2D eigenvalue weighted by atomic mass is 10.2. The van der Waals surface area contributed by atoms with Crippen LogP contribution >= 0.6 is 11.8 Å². The van der Waals surface area contributed by atoms with Crippen molar-refractivity contribution < 1.29 is 5.11 Å². The molecule has 1 rings (SSSR count). The molecule has 3 heteroatoms. The quantitative estimate of drug-likeness (QED) is 0.441. The third kappa shape index (κ3) is 2.94. The third-order valence-corrected chi connectivity index (χ3v) is 3.13. The summed E-state index contributed by atoms with van der Waals surface area (Å²) in [5, 5.41) is 8.64. The van der Waals surface area contributed by atoms with Crippen molar-refractivity contribution in [3.05, 3.63) is 23.8 Å². The van der Waals surface area contributed by atoms with E-state index in [1.807, 2.05) is 12.1 Å². The number of aryl methyl sites for hydroxylation is 1. The lowest BCUT2D eigenvalue weighted by molar-refractivity contribution is 0.296. The molecule has 0 aromatic heterocycles. The number of hydrogen-bond donors (Lipinski definition) is 2. The van der Waals surface area contributed by atoms with E-state index in [1.54, 1.807) is 11.8 Å². The molecule has 13 heavy (non-hydrogen) atoms. The van der Waals surface area contributed by atoms with E-state index in [4.69, 9.17) is 10.8 Å². The first-order valence-corrected chi connectivity index (χ1v) is 5.33. The van der Waals surface area contributed by atoms with E-state index in [-0.39, 0.29) is 6.61 Å². The average Bonchev–Trinajstić information content (AvgIpc) is 2.10. The van der Waals surface area contributed by atoms with Gasteiger partial charge in [0.05, 0.1) is 0 Å². The molecule has 0 aliphatic heterocycles. The maximum absolute atomic E-state index is 8.64. The van der Waals surface area contributed by atoms with Crippen molar-refractivity contribution in [2.24, 2.45) is 0 Å². The summed E-state index contributed by atoms with van der Waals surface area (Å²) in [4.78, 5) is 1.15. The van der Waals surface area contributed by atoms with Crippen LogP contribution in [0.5, 0.6) is 0 Å². The van der Waals surface area contributed by atoms with Gasteiger partial charge in [-0.05, 0) is 25.0 Å². The molecule has 0 heterocycles. The van der Waals surface area contributed by atoms with E-state index in [1.165, 1.54) is 5.56 Å². The van der Waals surface area contributed by atoms with Crippen LogP contribution in [0.3, 0.4) is 0 Å². The zero-order chi connectivity index (χ0) is 9.68. The van der Waals surface area contributed by atoms with Gasteiger partial charge in [-0.2, -0.15) is 0 Å². The monoisotopic (exact) mass is 197 g/mol. The highest BCUT2D eigenvalue weighted by Crippen LogP contribution is 2.28. The summed E-state index contributed by atoms with van der Waals surface area (Å²) < 4.78 is 0. The first-order chi connectivity index (χ1) is 6.25. The summed E-state index contributed by atoms with van der Waals surface area (Å²) >= 11 is 1.71. The van der Waals surface area contributed by atoms with Gasteiger partial charge in [0.15, 0.2) is 0 Å². The van der Waals surface area contributed by atoms with Gasteiger partial charge in [-0.15, -0.1) is 11.8 Å². The fourth-order valence-electron chi connectivity index (χ4n) is 1.11. The molecule has 0 unspecified atom stereocenters. The first kappa shape index (κ1) is 10.4. The van der Waals surface area contributed by atoms with Gasteiger partial charge in [-0.25, -0.2) is 0 Å². The second-order valence-corrected chi connectivity index (χ2v) is 4.02. The Labute approximate surface area is 83.1 Å². The lowest BCUT2D eigenvalue weighted by Gasteiger charge is -2.07. The predicted octanol–water partition coefficient (Wildman–Crippen LogP) is 2.05. The molecule has 0 aliphatic carbocycles. The van der Waals surface area contributed by atoms with Gasteiger partial charge in [-0.3, -0.25) is 0 Å². The van der Waals surface area contributed by atoms with Crippen molar-refractivity contribution in [2.75, 3.05) is 18.1 Å². The molecule has 0 atom stereocenters. The van der Waals surface area contributed by atoms with Crippen LogP contribution in [-0.4, -0.2) is 17.5 Å². The highest BCUT2D eigenvalue weighted by Gasteiger charge is 2.02. The zero-order valence-electron chi connectivity index (χ0n) is 7.79. The highest BCUT2D eigenvalue weighted by molar-refractivity contribution is 7.99. The van der Waals surface area contributed by atoms with E-state index >= 15 is 0 Å². The maximum Gasteiger partial charge on any atom is 0.0454 e. The Balaban J connectivity index is 2.64. The number of hydrogen-bond acceptors (Lipinski definition) is 3. The van der Waals surface area contributed by atoms with E-state index in [9.17, 15) is 0 Å². The largest absolute Gasteiger partial charge is 0.398 e. The summed E-state index contributed by atoms with van der Waals surface area (Å²) in [6, 6.07) is 5.92. The molecule has 3 N–H and O–H groups in total. The van der Waals surface area contributed by atoms with Crippen molar-refractivity contribution in [1.82, 2.24) is 0 Å². The van der Waals surface area contributed by atoms with Crippen LogP contribution in [0.4, 0.5) is 5.69 Å². The molecule has 0 spiro atoms. The summed E-state index contributed by atoms with van der Waals surface area (Å²) in [6.07, 6.45) is 0.818. The molecule has 0 saturated heterocycles. The Morgan fingerprint density at radius 2 is 2.23 bits per heavy atom. The molecule has 0 amide bonds. The van der Waals surface area contributed by atoms with Crippen molar-refractivity contribution in [3.63, 3.8) is 0 Å². The first-order valence-electron chi connectivity index (χ1n) is 4.34. The Kier molecular flexibility index (Phi) is 4.12. The number of aliphatic hydroxyl groups is 1. The van der Waals surface area contributed by atoms with Crippen LogP contribution in [0.2, 0.25) is 0 Å². The van der Waals surface area contributed by atoms with Gasteiger partial charge in [0.25, 0.3) is 0 Å². The van der Waals surface area contributed by atoms with E-state index in [2.05, 4.69) is 13.0 Å². The molecule has 0 saturated carbocycles. The van der Waals surface area contributed by atoms with E-state index in [0.717, 1.165) is 22.8 Å². The summed E-state index contributed by atoms with van der Waals surface area (Å²) in [5.74, 6) is 0.922. The normalized spacial score (nSPS) is 10.3. The van der Waals surface area contributed by atoms with Crippen LogP contribution in [0.25, 0.3) is 0 Å². The van der Waals surface area contributed by atoms with Crippen LogP contribution in [-0.2, 0) is 0 Å². The van der Waals surface area contributed by atoms with Crippen LogP contribution in [0, 0.1) is 6.92 Å². The van der Waals surface area contributed by atoms with E-state index < -0.39 is 0 Å². The molecule has 72 valence electrons. The summed E-state index contributed by atoms with van der Waals surface area (Å²) in [7, 11) is 0. The number of nitrogen functional groups attached to an aromatic ring is 1. The number of nitrogens with two attached hydrogens (primary N) is 1. The average molecular weight is 197 g/mol. The van der Waals surface area contributed by atoms with Crippen molar-refractivity contribution in [1.29, 1.82) is 0 Å². The Morgan fingerprint density at radius 3 is 2.85 bits per heavy atom. The van der Waals surface area contributed by atoms with Gasteiger partial charge in [0.1, 0.15) is 0 Å². The Hall–Kier alpha value is -0.670. The zero-order valence-corrected chi connectivity index (χ0v) is 8.60. The molecule has 1 aromatic carbocycles. The topological polar surface area (TPSA) is 46.2 Å². The van der Waals surface area contributed by atoms with Crippen molar-refractivity contribution >= 4 is 17.4 Å². The van der Waals surface area contributed by atoms with Gasteiger partial charge >= 0.3 is 0 Å². The second kappa shape index (κ2) is 5.14. The number of rotatable bonds is 4. The molecule has 0 aliphatic rings. The standard InChI is InChI=1S/C10H15NOS/c1-8-4-2-5-9(11)10(8)13-7-3-6-12/h2,4-5,12H,3,6-7,11H2,1H3. The van der Waals surface area contributed by atoms with Crippen LogP contribution < -0.4 is 5.73 Å². The minimum Gasteiger partial charge on any atom is -0.398 e. The maximum atomic E-state index is 8.64. The van der Waals surface area contributed by atoms with Crippen molar-refractivity contribution in [3.8, 4) is 0 Å². The number of benzene rings is 1. The SMILES string of the molecule is Cc1cccc(N)c1SCCCO. The molecule has 2 nitrogen and oxygen atoms in total. The summed E-state index contributed by atoms with van der Waals surface area (Å²) in [6.45, 7) is 2.30. The number of anilines is 1. The lowest BCUT2D eigenvalue weighted by Crippen LogP contribution is -1.93. The molecule has 0 fully saturated rings. The molecular formula is C10H15NOS. The van der Waals surface area contributed by atoms with Crippen LogP contribution in [0.15, 0.2) is 23.1 Å². The third-order valence-electron chi connectivity index (χ3n) is 1.79. The molecule has 0 bridgehead atoms. The second-order valence-electron chi connectivity index (χ2n) is 2.92. The Morgan fingerprint density at radius 1 is 1.46 bits per heavy atom.